The lowest BCUT2D eigenvalue weighted by Crippen LogP contribution is -2.29. The van der Waals surface area contributed by atoms with Crippen molar-refractivity contribution in [1.29, 1.82) is 0 Å². The standard InChI is InChI=1S/C30H27BrClN5O2/c1-18-24(16-33-37-28(39)23-15-19(31)9-14-25(23)35-29(37)30(2,3)4)22-7-5-6-8-26(22)36(18)17-27(38)34-21-12-10-20(32)11-13-21/h5-16H,17H2,1-4H3,(H,34,38). The molecule has 0 saturated heterocycles. The first-order chi connectivity index (χ1) is 18.5. The predicted molar refractivity (Wildman–Crippen MR) is 162 cm³/mol. The van der Waals surface area contributed by atoms with Crippen LogP contribution in [0.4, 0.5) is 5.69 Å². The van der Waals surface area contributed by atoms with E-state index in [1.54, 1.807) is 36.5 Å². The molecule has 0 aliphatic heterocycles. The van der Waals surface area contributed by atoms with Crippen LogP contribution in [0.1, 0.15) is 37.9 Å². The highest BCUT2D eigenvalue weighted by molar-refractivity contribution is 9.10. The molecule has 9 heteroatoms. The maximum Gasteiger partial charge on any atom is 0.282 e. The second kappa shape index (κ2) is 10.4. The molecule has 0 bridgehead atoms. The monoisotopic (exact) mass is 603 g/mol. The molecule has 0 aliphatic carbocycles. The SMILES string of the molecule is Cc1c(C=Nn2c(C(C)(C)C)nc3ccc(Br)cc3c2=O)c2ccccc2n1CC(=O)Nc1ccc(Cl)cc1. The van der Waals surface area contributed by atoms with Gasteiger partial charge in [0, 0.05) is 42.8 Å². The number of hydrogen-bond acceptors (Lipinski definition) is 4. The summed E-state index contributed by atoms with van der Waals surface area (Å²) in [6.45, 7) is 8.06. The van der Waals surface area contributed by atoms with Gasteiger partial charge in [0.05, 0.1) is 17.1 Å². The number of carbonyl (C=O) groups excluding carboxylic acids is 1. The lowest BCUT2D eigenvalue weighted by atomic mass is 9.95. The molecule has 0 radical (unpaired) electrons. The van der Waals surface area contributed by atoms with Gasteiger partial charge in [-0.15, -0.1) is 0 Å². The van der Waals surface area contributed by atoms with Gasteiger partial charge in [-0.1, -0.05) is 66.5 Å². The molecule has 0 fully saturated rings. The molecule has 0 aliphatic rings. The molecule has 39 heavy (non-hydrogen) atoms. The third-order valence-corrected chi connectivity index (χ3v) is 7.24. The van der Waals surface area contributed by atoms with Crippen molar-refractivity contribution >= 4 is 67.1 Å². The number of amides is 1. The first-order valence-corrected chi connectivity index (χ1v) is 13.6. The molecule has 1 amide bonds. The van der Waals surface area contributed by atoms with Crippen LogP contribution in [-0.4, -0.2) is 26.3 Å². The van der Waals surface area contributed by atoms with Crippen molar-refractivity contribution in [3.63, 3.8) is 0 Å². The minimum atomic E-state index is -0.430. The summed E-state index contributed by atoms with van der Waals surface area (Å²) in [5.74, 6) is 0.391. The summed E-state index contributed by atoms with van der Waals surface area (Å²) in [5.41, 5.74) is 3.20. The topological polar surface area (TPSA) is 81.3 Å². The van der Waals surface area contributed by atoms with Crippen molar-refractivity contribution in [3.8, 4) is 0 Å². The Hall–Kier alpha value is -3.75. The number of aromatic nitrogens is 3. The van der Waals surface area contributed by atoms with Gasteiger partial charge < -0.3 is 9.88 Å². The Balaban J connectivity index is 1.58. The molecule has 2 heterocycles. The molecule has 3 aromatic carbocycles. The predicted octanol–water partition coefficient (Wildman–Crippen LogP) is 6.89. The van der Waals surface area contributed by atoms with Gasteiger partial charge in [0.2, 0.25) is 5.91 Å². The number of anilines is 1. The van der Waals surface area contributed by atoms with Gasteiger partial charge in [-0.25, -0.2) is 4.98 Å². The van der Waals surface area contributed by atoms with E-state index in [1.807, 2.05) is 68.7 Å². The van der Waals surface area contributed by atoms with Gasteiger partial charge in [-0.05, 0) is 55.5 Å². The van der Waals surface area contributed by atoms with E-state index < -0.39 is 5.41 Å². The number of halogens is 2. The maximum absolute atomic E-state index is 13.6. The van der Waals surface area contributed by atoms with Crippen LogP contribution in [0.25, 0.3) is 21.8 Å². The van der Waals surface area contributed by atoms with Crippen LogP contribution >= 0.6 is 27.5 Å². The highest BCUT2D eigenvalue weighted by Gasteiger charge is 2.23. The fraction of sp³-hybridized carbons (Fsp3) is 0.200. The molecule has 0 saturated carbocycles. The van der Waals surface area contributed by atoms with E-state index in [4.69, 9.17) is 16.6 Å². The molecule has 0 atom stereocenters. The van der Waals surface area contributed by atoms with Crippen LogP contribution in [0.2, 0.25) is 5.02 Å². The first-order valence-electron chi connectivity index (χ1n) is 12.4. The molecule has 0 spiro atoms. The average Bonchev–Trinajstić information content (AvgIpc) is 3.15. The quantitative estimate of drug-likeness (QED) is 0.222. The van der Waals surface area contributed by atoms with Crippen molar-refractivity contribution in [1.82, 2.24) is 14.2 Å². The largest absolute Gasteiger partial charge is 0.335 e. The van der Waals surface area contributed by atoms with Gasteiger partial charge in [0.15, 0.2) is 0 Å². The van der Waals surface area contributed by atoms with Gasteiger partial charge in [-0.2, -0.15) is 9.78 Å². The highest BCUT2D eigenvalue weighted by atomic mass is 79.9. The van der Waals surface area contributed by atoms with Crippen LogP contribution in [-0.2, 0) is 16.8 Å². The van der Waals surface area contributed by atoms with E-state index in [-0.39, 0.29) is 18.0 Å². The van der Waals surface area contributed by atoms with Crippen molar-refractivity contribution in [2.45, 2.75) is 39.7 Å². The second-order valence-electron chi connectivity index (χ2n) is 10.4. The second-order valence-corrected chi connectivity index (χ2v) is 11.7. The van der Waals surface area contributed by atoms with E-state index in [9.17, 15) is 9.59 Å². The molecule has 0 unspecified atom stereocenters. The van der Waals surface area contributed by atoms with Crippen LogP contribution in [0.15, 0.2) is 81.1 Å². The molecular formula is C30H27BrClN5O2. The molecule has 2 aromatic heterocycles. The zero-order valence-electron chi connectivity index (χ0n) is 22.0. The van der Waals surface area contributed by atoms with Gasteiger partial charge in [0.1, 0.15) is 12.4 Å². The summed E-state index contributed by atoms with van der Waals surface area (Å²) in [4.78, 5) is 31.3. The Morgan fingerprint density at radius 3 is 2.51 bits per heavy atom. The fourth-order valence-corrected chi connectivity index (χ4v) is 5.05. The Bertz CT molecular complexity index is 1810. The highest BCUT2D eigenvalue weighted by Crippen LogP contribution is 2.26. The van der Waals surface area contributed by atoms with Gasteiger partial charge in [-0.3, -0.25) is 9.59 Å². The smallest absolute Gasteiger partial charge is 0.282 e. The Morgan fingerprint density at radius 2 is 1.79 bits per heavy atom. The Morgan fingerprint density at radius 1 is 1.08 bits per heavy atom. The lowest BCUT2D eigenvalue weighted by molar-refractivity contribution is -0.116. The molecule has 1 N–H and O–H groups in total. The minimum Gasteiger partial charge on any atom is -0.335 e. The molecular weight excluding hydrogens is 578 g/mol. The molecule has 198 valence electrons. The van der Waals surface area contributed by atoms with Crippen molar-refractivity contribution in [2.75, 3.05) is 5.32 Å². The molecule has 5 aromatic rings. The Labute approximate surface area is 239 Å². The number of nitrogens with zero attached hydrogens (tertiary/aromatic N) is 4. The van der Waals surface area contributed by atoms with Crippen LogP contribution in [0.5, 0.6) is 0 Å². The van der Waals surface area contributed by atoms with Gasteiger partial charge in [0.25, 0.3) is 5.56 Å². The van der Waals surface area contributed by atoms with Crippen LogP contribution in [0.3, 0.4) is 0 Å². The fourth-order valence-electron chi connectivity index (χ4n) is 4.56. The third kappa shape index (κ3) is 5.40. The van der Waals surface area contributed by atoms with E-state index >= 15 is 0 Å². The normalized spacial score (nSPS) is 12.1. The summed E-state index contributed by atoms with van der Waals surface area (Å²) >= 11 is 9.42. The first kappa shape index (κ1) is 26.8. The minimum absolute atomic E-state index is 0.113. The molecule has 5 rings (SSSR count). The third-order valence-electron chi connectivity index (χ3n) is 6.49. The number of carbonyl (C=O) groups is 1. The number of nitrogens with one attached hydrogen (secondary N) is 1. The zero-order valence-corrected chi connectivity index (χ0v) is 24.3. The van der Waals surface area contributed by atoms with Gasteiger partial charge >= 0.3 is 0 Å². The van der Waals surface area contributed by atoms with Crippen LogP contribution < -0.4 is 10.9 Å². The summed E-state index contributed by atoms with van der Waals surface area (Å²) in [5, 5.41) is 9.61. The summed E-state index contributed by atoms with van der Waals surface area (Å²) in [6, 6.07) is 20.3. The van der Waals surface area contributed by atoms with E-state index in [1.165, 1.54) is 4.68 Å². The van der Waals surface area contributed by atoms with Crippen LogP contribution in [0, 0.1) is 6.92 Å². The number of benzene rings is 3. The maximum atomic E-state index is 13.6. The lowest BCUT2D eigenvalue weighted by Gasteiger charge is -2.20. The number of fused-ring (bicyclic) bond motifs is 2. The van der Waals surface area contributed by atoms with E-state index in [0.29, 0.717) is 27.4 Å². The zero-order chi connectivity index (χ0) is 27.9. The number of hydrogen-bond donors (Lipinski definition) is 1. The number of rotatable bonds is 5. The van der Waals surface area contributed by atoms with E-state index in [0.717, 1.165) is 26.6 Å². The van der Waals surface area contributed by atoms with Crippen molar-refractivity contribution < 1.29 is 4.79 Å². The molecule has 7 nitrogen and oxygen atoms in total. The van der Waals surface area contributed by atoms with Crippen molar-refractivity contribution in [2.24, 2.45) is 5.10 Å². The van der Waals surface area contributed by atoms with E-state index in [2.05, 4.69) is 26.3 Å². The summed E-state index contributed by atoms with van der Waals surface area (Å²) in [7, 11) is 0. The average molecular weight is 605 g/mol. The number of para-hydroxylation sites is 1. The summed E-state index contributed by atoms with van der Waals surface area (Å²) in [6.07, 6.45) is 1.69. The van der Waals surface area contributed by atoms with Crippen molar-refractivity contribution in [3.05, 3.63) is 104 Å². The Kier molecular flexibility index (Phi) is 7.18. The summed E-state index contributed by atoms with van der Waals surface area (Å²) < 4.78 is 4.13.